The smallest absolute Gasteiger partial charge is 0.377 e. The van der Waals surface area contributed by atoms with Crippen LogP contribution in [0.4, 0.5) is 30.5 Å². The van der Waals surface area contributed by atoms with Crippen molar-refractivity contribution in [2.45, 2.75) is 48.3 Å². The van der Waals surface area contributed by atoms with Crippen molar-refractivity contribution in [3.63, 3.8) is 0 Å². The molecule has 0 radical (unpaired) electrons. The highest BCUT2D eigenvalue weighted by Crippen LogP contribution is 2.46. The lowest BCUT2D eigenvalue weighted by atomic mass is 9.91. The van der Waals surface area contributed by atoms with Gasteiger partial charge in [0.05, 0.1) is 48.6 Å². The minimum atomic E-state index is -4.61. The molecular formula is C32H37F3N6O3S2. The molecule has 0 atom stereocenters. The molecule has 1 N–H and O–H groups in total. The zero-order valence-electron chi connectivity index (χ0n) is 25.8. The number of piperazine rings is 1. The number of nitrogens with zero attached hydrogens (tertiary/aromatic N) is 5. The van der Waals surface area contributed by atoms with Gasteiger partial charge in [-0.05, 0) is 62.6 Å². The minimum Gasteiger partial charge on any atom is -0.377 e. The van der Waals surface area contributed by atoms with Crippen LogP contribution in [0.25, 0.3) is 10.6 Å². The van der Waals surface area contributed by atoms with E-state index in [9.17, 15) is 18.0 Å². The Hall–Kier alpha value is -2.91. The first-order chi connectivity index (χ1) is 22.1. The summed E-state index contributed by atoms with van der Waals surface area (Å²) in [4.78, 5) is 28.8. The monoisotopic (exact) mass is 674 g/mol. The Bertz CT molecular complexity index is 1590. The topological polar surface area (TPSA) is 83.1 Å². The van der Waals surface area contributed by atoms with E-state index in [-0.39, 0.29) is 23.2 Å². The molecule has 4 aliphatic rings. The largest absolute Gasteiger partial charge is 0.420 e. The van der Waals surface area contributed by atoms with Gasteiger partial charge in [0.1, 0.15) is 5.56 Å². The summed E-state index contributed by atoms with van der Waals surface area (Å²) in [5, 5.41) is 3.27. The van der Waals surface area contributed by atoms with E-state index in [0.717, 1.165) is 85.0 Å². The highest BCUT2D eigenvalue weighted by atomic mass is 32.2. The summed E-state index contributed by atoms with van der Waals surface area (Å²) in [5.74, 6) is 1.15. The van der Waals surface area contributed by atoms with E-state index in [1.807, 2.05) is 13.0 Å². The molecule has 1 amide bonds. The number of amides is 1. The lowest BCUT2D eigenvalue weighted by Gasteiger charge is -2.54. The number of thioether (sulfide) groups is 1. The van der Waals surface area contributed by atoms with Gasteiger partial charge in [0, 0.05) is 59.3 Å². The number of carbonyl (C=O) groups excluding carboxylic acids is 1. The van der Waals surface area contributed by atoms with E-state index in [0.29, 0.717) is 36.3 Å². The number of likely N-dealkylation sites (N-methyl/N-ethyl adjacent to an activating group) is 1. The fraction of sp³-hybridized carbons (Fsp3) is 0.531. The van der Waals surface area contributed by atoms with Gasteiger partial charge >= 0.3 is 6.18 Å². The molecule has 0 bridgehead atoms. The van der Waals surface area contributed by atoms with Crippen LogP contribution in [0.1, 0.15) is 34.8 Å². The summed E-state index contributed by atoms with van der Waals surface area (Å²) in [6, 6.07) is 8.17. The molecule has 1 spiro atoms. The van der Waals surface area contributed by atoms with Crippen molar-refractivity contribution in [3.8, 4) is 10.6 Å². The van der Waals surface area contributed by atoms with Crippen molar-refractivity contribution in [2.75, 3.05) is 75.6 Å². The Labute approximate surface area is 274 Å². The number of halogens is 3. The Morgan fingerprint density at radius 2 is 2.00 bits per heavy atom. The van der Waals surface area contributed by atoms with Crippen molar-refractivity contribution in [1.29, 1.82) is 0 Å². The average Bonchev–Trinajstić information content (AvgIpc) is 3.77. The van der Waals surface area contributed by atoms with Crippen LogP contribution >= 0.6 is 23.1 Å². The second-order valence-electron chi connectivity index (χ2n) is 12.6. The predicted molar refractivity (Wildman–Crippen MR) is 173 cm³/mol. The normalized spacial score (nSPS) is 20.0. The number of rotatable bonds is 11. The summed E-state index contributed by atoms with van der Waals surface area (Å²) >= 11 is 2.81. The molecule has 246 valence electrons. The number of alkyl halides is 3. The standard InChI is InChI=1S/C32H37F3N6O3S2/c1-20-27(45-10-9-41(19-42)23-14-43-15-23)12-28(46-20)29-25(32(33,34)35)13-36-30(38-29)37-26-6-5-22(11-24(26)21-3-4-21)40-8-7-39(2)31(16-40)17-44-18-31/h5-6,11-13,19,21,23H,3-4,7-10,14-18H2,1-2H3,(H,36,37,38). The highest BCUT2D eigenvalue weighted by Gasteiger charge is 2.46. The molecule has 3 aromatic rings. The summed E-state index contributed by atoms with van der Waals surface area (Å²) in [6.07, 6.45) is -0.748. The summed E-state index contributed by atoms with van der Waals surface area (Å²) in [6.45, 7) is 7.76. The molecule has 46 heavy (non-hydrogen) atoms. The fourth-order valence-electron chi connectivity index (χ4n) is 6.21. The molecule has 1 saturated carbocycles. The number of carbonyl (C=O) groups is 1. The number of hydrogen-bond donors (Lipinski definition) is 1. The molecule has 0 unspecified atom stereocenters. The Balaban J connectivity index is 1.12. The first kappa shape index (κ1) is 31.7. The number of ether oxygens (including phenoxy) is 2. The van der Waals surface area contributed by atoms with Crippen LogP contribution in [-0.4, -0.2) is 103 Å². The van der Waals surface area contributed by atoms with Crippen molar-refractivity contribution in [1.82, 2.24) is 19.8 Å². The Morgan fingerprint density at radius 3 is 2.65 bits per heavy atom. The molecule has 2 aromatic heterocycles. The van der Waals surface area contributed by atoms with Crippen LogP contribution in [0.5, 0.6) is 0 Å². The van der Waals surface area contributed by atoms with Crippen molar-refractivity contribution in [3.05, 3.63) is 46.5 Å². The molecular weight excluding hydrogens is 638 g/mol. The number of benzene rings is 1. The van der Waals surface area contributed by atoms with Gasteiger partial charge in [0.2, 0.25) is 12.4 Å². The molecule has 14 heteroatoms. The number of anilines is 3. The van der Waals surface area contributed by atoms with Gasteiger partial charge in [-0.15, -0.1) is 23.1 Å². The van der Waals surface area contributed by atoms with Crippen LogP contribution in [0.2, 0.25) is 0 Å². The van der Waals surface area contributed by atoms with E-state index >= 15 is 0 Å². The lowest BCUT2D eigenvalue weighted by Crippen LogP contribution is -2.70. The summed E-state index contributed by atoms with van der Waals surface area (Å²) in [5.41, 5.74) is 2.17. The maximum atomic E-state index is 14.2. The quantitative estimate of drug-likeness (QED) is 0.206. The van der Waals surface area contributed by atoms with Crippen LogP contribution in [0.15, 0.2) is 35.4 Å². The zero-order valence-corrected chi connectivity index (χ0v) is 27.4. The molecule has 3 saturated heterocycles. The average molecular weight is 675 g/mol. The van der Waals surface area contributed by atoms with Crippen LogP contribution in [-0.2, 0) is 20.4 Å². The Morgan fingerprint density at radius 1 is 1.20 bits per heavy atom. The third kappa shape index (κ3) is 6.34. The van der Waals surface area contributed by atoms with E-state index in [1.165, 1.54) is 23.1 Å². The number of hydrogen-bond acceptors (Lipinski definition) is 10. The van der Waals surface area contributed by atoms with Crippen molar-refractivity contribution >= 4 is 46.8 Å². The van der Waals surface area contributed by atoms with Crippen LogP contribution in [0.3, 0.4) is 0 Å². The number of thiophene rings is 1. The van der Waals surface area contributed by atoms with E-state index in [4.69, 9.17) is 9.47 Å². The molecule has 4 fully saturated rings. The first-order valence-corrected chi connectivity index (χ1v) is 17.4. The number of aromatic nitrogens is 2. The van der Waals surface area contributed by atoms with Gasteiger partial charge in [-0.25, -0.2) is 9.97 Å². The fourth-order valence-corrected chi connectivity index (χ4v) is 8.43. The summed E-state index contributed by atoms with van der Waals surface area (Å²) in [7, 11) is 2.16. The molecule has 1 aromatic carbocycles. The van der Waals surface area contributed by atoms with Gasteiger partial charge in [-0.3, -0.25) is 9.69 Å². The number of nitrogens with one attached hydrogen (secondary N) is 1. The first-order valence-electron chi connectivity index (χ1n) is 15.5. The highest BCUT2D eigenvalue weighted by molar-refractivity contribution is 7.99. The molecule has 3 aliphatic heterocycles. The van der Waals surface area contributed by atoms with Crippen molar-refractivity contribution < 1.29 is 27.4 Å². The van der Waals surface area contributed by atoms with Crippen LogP contribution < -0.4 is 10.2 Å². The van der Waals surface area contributed by atoms with Gasteiger partial charge in [-0.2, -0.15) is 13.2 Å². The van der Waals surface area contributed by atoms with E-state index in [2.05, 4.69) is 44.3 Å². The third-order valence-electron chi connectivity index (χ3n) is 9.44. The number of aryl methyl sites for hydroxylation is 1. The summed E-state index contributed by atoms with van der Waals surface area (Å²) < 4.78 is 53.3. The van der Waals surface area contributed by atoms with Gasteiger partial charge in [0.25, 0.3) is 0 Å². The van der Waals surface area contributed by atoms with Gasteiger partial charge in [-0.1, -0.05) is 0 Å². The van der Waals surface area contributed by atoms with Crippen LogP contribution in [0, 0.1) is 6.92 Å². The maximum Gasteiger partial charge on any atom is 0.420 e. The van der Waals surface area contributed by atoms with E-state index in [1.54, 1.807) is 11.0 Å². The second-order valence-corrected chi connectivity index (χ2v) is 15.0. The molecule has 1 aliphatic carbocycles. The van der Waals surface area contributed by atoms with Gasteiger partial charge < -0.3 is 24.6 Å². The predicted octanol–water partition coefficient (Wildman–Crippen LogP) is 5.62. The molecule has 9 nitrogen and oxygen atoms in total. The second kappa shape index (κ2) is 12.6. The Kier molecular flexibility index (Phi) is 8.68. The zero-order chi connectivity index (χ0) is 32.1. The SMILES string of the molecule is Cc1sc(-c2nc(Nc3ccc(N4CCN(C)C5(COC5)C4)cc3C3CC3)ncc2C(F)(F)F)cc1SCCN(C=O)C1COC1. The van der Waals surface area contributed by atoms with E-state index < -0.39 is 11.7 Å². The molecule has 5 heterocycles. The maximum absolute atomic E-state index is 14.2. The molecule has 7 rings (SSSR count). The van der Waals surface area contributed by atoms with Gasteiger partial charge in [0.15, 0.2) is 0 Å². The third-order valence-corrected chi connectivity index (χ3v) is 11.7. The lowest BCUT2D eigenvalue weighted by molar-refractivity contribution is -0.137. The minimum absolute atomic E-state index is 0.0548. The van der Waals surface area contributed by atoms with Crippen molar-refractivity contribution in [2.24, 2.45) is 0 Å².